The molecule has 2 atom stereocenters. The summed E-state index contributed by atoms with van der Waals surface area (Å²) in [5, 5.41) is 9.07. The van der Waals surface area contributed by atoms with Crippen LogP contribution in [-0.2, 0) is 9.59 Å². The van der Waals surface area contributed by atoms with Crippen LogP contribution in [0.1, 0.15) is 24.3 Å². The van der Waals surface area contributed by atoms with Gasteiger partial charge >= 0.3 is 5.97 Å². The van der Waals surface area contributed by atoms with Crippen molar-refractivity contribution in [3.05, 3.63) is 29.8 Å². The second-order valence-corrected chi connectivity index (χ2v) is 6.74. The number of carbonyl (C=O) groups excluding carboxylic acids is 1. The highest BCUT2D eigenvalue weighted by atomic mass is 32.2. The van der Waals surface area contributed by atoms with Gasteiger partial charge < -0.3 is 14.7 Å². The minimum atomic E-state index is -0.849. The second-order valence-electron chi connectivity index (χ2n) is 5.59. The van der Waals surface area contributed by atoms with Crippen molar-refractivity contribution < 1.29 is 19.4 Å². The number of amides is 1. The maximum atomic E-state index is 13.0. The van der Waals surface area contributed by atoms with E-state index in [0.717, 1.165) is 17.1 Å². The first-order valence-electron chi connectivity index (χ1n) is 7.48. The van der Waals surface area contributed by atoms with Crippen molar-refractivity contribution in [1.29, 1.82) is 0 Å². The molecule has 0 spiro atoms. The van der Waals surface area contributed by atoms with E-state index in [1.807, 2.05) is 24.3 Å². The van der Waals surface area contributed by atoms with Gasteiger partial charge in [-0.3, -0.25) is 9.59 Å². The number of aliphatic carboxylic acids is 1. The Labute approximate surface area is 133 Å². The topological polar surface area (TPSA) is 66.8 Å². The summed E-state index contributed by atoms with van der Waals surface area (Å²) < 4.78 is 5.61. The number of fused-ring (bicyclic) bond motifs is 1. The summed E-state index contributed by atoms with van der Waals surface area (Å²) in [5.41, 5.74) is 0.922. The number of benzene rings is 1. The largest absolute Gasteiger partial charge is 0.493 e. The van der Waals surface area contributed by atoms with Gasteiger partial charge in [0, 0.05) is 23.6 Å². The number of rotatable bonds is 3. The summed E-state index contributed by atoms with van der Waals surface area (Å²) in [7, 11) is 0. The Bertz CT molecular complexity index is 577. The summed E-state index contributed by atoms with van der Waals surface area (Å²) >= 11 is 1.72. The van der Waals surface area contributed by atoms with Gasteiger partial charge in [-0.2, -0.15) is 11.8 Å². The molecule has 5 nitrogen and oxygen atoms in total. The average molecular weight is 321 g/mol. The van der Waals surface area contributed by atoms with Gasteiger partial charge in [0.25, 0.3) is 0 Å². The van der Waals surface area contributed by atoms with Gasteiger partial charge in [-0.1, -0.05) is 18.2 Å². The molecule has 2 aliphatic rings. The normalized spacial score (nSPS) is 24.3. The van der Waals surface area contributed by atoms with Gasteiger partial charge in [0.1, 0.15) is 5.75 Å². The van der Waals surface area contributed by atoms with E-state index < -0.39 is 5.97 Å². The van der Waals surface area contributed by atoms with Crippen LogP contribution in [0.25, 0.3) is 0 Å². The SMILES string of the molecule is O=C(O)CC1CSCCN1C(=O)C1CCOc2ccccc21. The fraction of sp³-hybridized carbons (Fsp3) is 0.500. The smallest absolute Gasteiger partial charge is 0.305 e. The van der Waals surface area contributed by atoms with E-state index in [-0.39, 0.29) is 24.3 Å². The first kappa shape index (κ1) is 15.2. The Morgan fingerprint density at radius 3 is 3.00 bits per heavy atom. The summed E-state index contributed by atoms with van der Waals surface area (Å²) in [6.07, 6.45) is 0.670. The molecule has 0 saturated carbocycles. The van der Waals surface area contributed by atoms with E-state index in [9.17, 15) is 9.59 Å². The molecule has 1 saturated heterocycles. The molecule has 3 rings (SSSR count). The Kier molecular flexibility index (Phi) is 4.57. The molecule has 0 aromatic heterocycles. The molecule has 1 amide bonds. The number of carbonyl (C=O) groups is 2. The van der Waals surface area contributed by atoms with Gasteiger partial charge in [-0.15, -0.1) is 0 Å². The lowest BCUT2D eigenvalue weighted by atomic mass is 9.91. The first-order chi connectivity index (χ1) is 10.7. The number of para-hydroxylation sites is 1. The number of hydrogen-bond acceptors (Lipinski definition) is 4. The number of carboxylic acids is 1. The maximum Gasteiger partial charge on any atom is 0.305 e. The first-order valence-corrected chi connectivity index (χ1v) is 8.64. The van der Waals surface area contributed by atoms with Crippen LogP contribution < -0.4 is 4.74 Å². The fourth-order valence-corrected chi connectivity index (χ4v) is 4.18. The van der Waals surface area contributed by atoms with Gasteiger partial charge in [0.05, 0.1) is 25.0 Å². The third kappa shape index (κ3) is 3.06. The summed E-state index contributed by atoms with van der Waals surface area (Å²) in [6.45, 7) is 1.15. The molecule has 22 heavy (non-hydrogen) atoms. The third-order valence-electron chi connectivity index (χ3n) is 4.18. The van der Waals surface area contributed by atoms with Crippen LogP contribution in [0, 0.1) is 0 Å². The quantitative estimate of drug-likeness (QED) is 0.922. The van der Waals surface area contributed by atoms with Crippen molar-refractivity contribution in [1.82, 2.24) is 4.90 Å². The van der Waals surface area contributed by atoms with E-state index >= 15 is 0 Å². The highest BCUT2D eigenvalue weighted by molar-refractivity contribution is 7.99. The van der Waals surface area contributed by atoms with Crippen LogP contribution in [0.5, 0.6) is 5.75 Å². The van der Waals surface area contributed by atoms with E-state index in [0.29, 0.717) is 25.3 Å². The molecule has 0 aliphatic carbocycles. The van der Waals surface area contributed by atoms with Crippen LogP contribution in [0.4, 0.5) is 0 Å². The lowest BCUT2D eigenvalue weighted by Crippen LogP contribution is -2.49. The lowest BCUT2D eigenvalue weighted by molar-refractivity contribution is -0.141. The zero-order chi connectivity index (χ0) is 15.5. The fourth-order valence-electron chi connectivity index (χ4n) is 3.11. The van der Waals surface area contributed by atoms with Crippen molar-refractivity contribution in [3.8, 4) is 5.75 Å². The predicted octanol–water partition coefficient (Wildman–Crippen LogP) is 1.97. The molecule has 1 aromatic carbocycles. The Morgan fingerprint density at radius 2 is 2.18 bits per heavy atom. The molecule has 1 aromatic rings. The van der Waals surface area contributed by atoms with Crippen molar-refractivity contribution >= 4 is 23.6 Å². The minimum absolute atomic E-state index is 0.0175. The van der Waals surface area contributed by atoms with Crippen LogP contribution in [0.2, 0.25) is 0 Å². The summed E-state index contributed by atoms with van der Waals surface area (Å²) in [4.78, 5) is 25.8. The molecule has 0 radical (unpaired) electrons. The predicted molar refractivity (Wildman–Crippen MR) is 84.4 cm³/mol. The monoisotopic (exact) mass is 321 g/mol. The van der Waals surface area contributed by atoms with Crippen LogP contribution in [0.3, 0.4) is 0 Å². The molecule has 2 aliphatic heterocycles. The number of ether oxygens (including phenoxy) is 1. The van der Waals surface area contributed by atoms with Crippen LogP contribution >= 0.6 is 11.8 Å². The zero-order valence-electron chi connectivity index (χ0n) is 12.2. The van der Waals surface area contributed by atoms with Crippen LogP contribution in [0.15, 0.2) is 24.3 Å². The van der Waals surface area contributed by atoms with Crippen molar-refractivity contribution in [3.63, 3.8) is 0 Å². The lowest BCUT2D eigenvalue weighted by Gasteiger charge is -2.38. The van der Waals surface area contributed by atoms with Gasteiger partial charge in [-0.05, 0) is 12.5 Å². The number of thioether (sulfide) groups is 1. The Balaban J connectivity index is 1.82. The zero-order valence-corrected chi connectivity index (χ0v) is 13.1. The van der Waals surface area contributed by atoms with Gasteiger partial charge in [-0.25, -0.2) is 0 Å². The number of hydrogen-bond donors (Lipinski definition) is 1. The third-order valence-corrected chi connectivity index (χ3v) is 5.27. The van der Waals surface area contributed by atoms with Crippen molar-refractivity contribution in [2.45, 2.75) is 24.8 Å². The minimum Gasteiger partial charge on any atom is -0.493 e. The number of nitrogens with zero attached hydrogens (tertiary/aromatic N) is 1. The van der Waals surface area contributed by atoms with Gasteiger partial charge in [0.2, 0.25) is 5.91 Å². The van der Waals surface area contributed by atoms with E-state index in [1.54, 1.807) is 16.7 Å². The summed E-state index contributed by atoms with van der Waals surface area (Å²) in [5.74, 6) is 1.31. The average Bonchev–Trinajstić information content (AvgIpc) is 2.54. The van der Waals surface area contributed by atoms with Gasteiger partial charge in [0.15, 0.2) is 0 Å². The highest BCUT2D eigenvalue weighted by Crippen LogP contribution is 2.35. The molecule has 6 heteroatoms. The van der Waals surface area contributed by atoms with E-state index in [4.69, 9.17) is 9.84 Å². The molecule has 1 fully saturated rings. The number of carboxylic acid groups (broad SMARTS) is 1. The molecule has 2 heterocycles. The molecular weight excluding hydrogens is 302 g/mol. The standard InChI is InChI=1S/C16H19NO4S/c18-15(19)9-11-10-22-8-6-17(11)16(20)13-5-7-21-14-4-2-1-3-12(13)14/h1-4,11,13H,5-10H2,(H,18,19). The molecule has 1 N–H and O–H groups in total. The molecular formula is C16H19NO4S. The van der Waals surface area contributed by atoms with Crippen molar-refractivity contribution in [2.24, 2.45) is 0 Å². The highest BCUT2D eigenvalue weighted by Gasteiger charge is 2.35. The second kappa shape index (κ2) is 6.60. The molecule has 0 bridgehead atoms. The molecule has 2 unspecified atom stereocenters. The van der Waals surface area contributed by atoms with Crippen LogP contribution in [-0.4, -0.2) is 52.6 Å². The van der Waals surface area contributed by atoms with E-state index in [2.05, 4.69) is 0 Å². The maximum absolute atomic E-state index is 13.0. The Hall–Kier alpha value is -1.69. The molecule has 118 valence electrons. The summed E-state index contributed by atoms with van der Waals surface area (Å²) in [6, 6.07) is 7.42. The van der Waals surface area contributed by atoms with Crippen molar-refractivity contribution in [2.75, 3.05) is 24.7 Å². The van der Waals surface area contributed by atoms with E-state index in [1.165, 1.54) is 0 Å². The Morgan fingerprint density at radius 1 is 1.36 bits per heavy atom.